The summed E-state index contributed by atoms with van der Waals surface area (Å²) in [6.07, 6.45) is 62.7. The Morgan fingerprint density at radius 2 is 0.609 bits per heavy atom. The van der Waals surface area contributed by atoms with Crippen LogP contribution in [0.4, 0.5) is 0 Å². The first-order valence-corrected chi connectivity index (χ1v) is 28.0. The van der Waals surface area contributed by atoms with Gasteiger partial charge in [-0.2, -0.15) is 0 Å². The molecule has 0 aromatic carbocycles. The summed E-state index contributed by atoms with van der Waals surface area (Å²) in [6, 6.07) is 0. The number of hydrogen-bond acceptors (Lipinski definition) is 6. The minimum absolute atomic E-state index is 0.0745. The maximum Gasteiger partial charge on any atom is 0.306 e. The SMILES string of the molecule is CC/C=C\C/C=C\C/C=C\CCCCCCC(=O)OCC(COC(=O)CCCCCCCCCCCCCCCCCCC)OC(=O)CCCCCCCCCCCCCCCCC. The first-order chi connectivity index (χ1) is 31.5. The second-order valence-electron chi connectivity index (χ2n) is 18.8. The fourth-order valence-electron chi connectivity index (χ4n) is 8.22. The summed E-state index contributed by atoms with van der Waals surface area (Å²) in [6.45, 7) is 6.55. The molecular formula is C58H106O6. The Morgan fingerprint density at radius 3 is 0.953 bits per heavy atom. The minimum atomic E-state index is -0.776. The van der Waals surface area contributed by atoms with Crippen molar-refractivity contribution in [2.24, 2.45) is 0 Å². The molecule has 0 bridgehead atoms. The summed E-state index contributed by atoms with van der Waals surface area (Å²) < 4.78 is 16.8. The molecule has 0 aliphatic heterocycles. The summed E-state index contributed by atoms with van der Waals surface area (Å²) in [4.78, 5) is 38.1. The molecule has 0 radical (unpaired) electrons. The highest BCUT2D eigenvalue weighted by molar-refractivity contribution is 5.71. The van der Waals surface area contributed by atoms with Gasteiger partial charge in [-0.15, -0.1) is 0 Å². The average molecular weight is 899 g/mol. The Kier molecular flexibility index (Phi) is 51.3. The number of carbonyl (C=O) groups is 3. The Hall–Kier alpha value is -2.37. The molecule has 0 saturated heterocycles. The molecule has 0 rings (SSSR count). The minimum Gasteiger partial charge on any atom is -0.462 e. The Balaban J connectivity index is 4.35. The second kappa shape index (κ2) is 53.2. The zero-order chi connectivity index (χ0) is 46.5. The van der Waals surface area contributed by atoms with E-state index in [1.165, 1.54) is 167 Å². The van der Waals surface area contributed by atoms with E-state index < -0.39 is 6.10 Å². The van der Waals surface area contributed by atoms with Gasteiger partial charge < -0.3 is 14.2 Å². The van der Waals surface area contributed by atoms with Crippen molar-refractivity contribution in [3.05, 3.63) is 36.5 Å². The van der Waals surface area contributed by atoms with Crippen LogP contribution in [0.15, 0.2) is 36.5 Å². The maximum atomic E-state index is 12.8. The first kappa shape index (κ1) is 61.6. The monoisotopic (exact) mass is 899 g/mol. The Bertz CT molecular complexity index is 1080. The van der Waals surface area contributed by atoms with Gasteiger partial charge in [-0.1, -0.05) is 263 Å². The van der Waals surface area contributed by atoms with Crippen molar-refractivity contribution >= 4 is 17.9 Å². The second-order valence-corrected chi connectivity index (χ2v) is 18.8. The highest BCUT2D eigenvalue weighted by atomic mass is 16.6. The van der Waals surface area contributed by atoms with Gasteiger partial charge in [-0.3, -0.25) is 14.4 Å². The summed E-state index contributed by atoms with van der Waals surface area (Å²) in [5.41, 5.74) is 0. The molecular weight excluding hydrogens is 793 g/mol. The van der Waals surface area contributed by atoms with Gasteiger partial charge in [0, 0.05) is 19.3 Å². The predicted octanol–water partition coefficient (Wildman–Crippen LogP) is 18.5. The molecule has 1 atom stereocenters. The van der Waals surface area contributed by atoms with E-state index >= 15 is 0 Å². The summed E-state index contributed by atoms with van der Waals surface area (Å²) >= 11 is 0. The lowest BCUT2D eigenvalue weighted by Crippen LogP contribution is -2.30. The van der Waals surface area contributed by atoms with Crippen LogP contribution in [0, 0.1) is 0 Å². The fraction of sp³-hybridized carbons (Fsp3) is 0.845. The van der Waals surface area contributed by atoms with E-state index in [-0.39, 0.29) is 31.1 Å². The molecule has 0 fully saturated rings. The number of hydrogen-bond donors (Lipinski definition) is 0. The molecule has 0 aromatic heterocycles. The van der Waals surface area contributed by atoms with Gasteiger partial charge in [0.2, 0.25) is 0 Å². The number of carbonyl (C=O) groups excluding carboxylic acids is 3. The maximum absolute atomic E-state index is 12.8. The van der Waals surface area contributed by atoms with Crippen LogP contribution in [0.5, 0.6) is 0 Å². The Labute approximate surface area is 397 Å². The standard InChI is InChI=1S/C58H106O6/c1-4-7-10-13-16-19-22-25-28-29-31-33-36-39-42-45-48-51-57(60)63-54-55(53-62-56(59)50-47-44-41-38-35-32-27-24-21-18-15-12-9-6-3)64-58(61)52-49-46-43-40-37-34-30-26-23-20-17-14-11-8-5-2/h9,12,18,21,27,32,55H,4-8,10-11,13-17,19-20,22-26,28-31,33-54H2,1-3H3/b12-9-,21-18-,32-27-. The van der Waals surface area contributed by atoms with Crippen molar-refractivity contribution in [1.82, 2.24) is 0 Å². The van der Waals surface area contributed by atoms with E-state index in [4.69, 9.17) is 14.2 Å². The highest BCUT2D eigenvalue weighted by Crippen LogP contribution is 2.17. The van der Waals surface area contributed by atoms with E-state index in [2.05, 4.69) is 57.2 Å². The van der Waals surface area contributed by atoms with Crippen LogP contribution in [0.3, 0.4) is 0 Å². The lowest BCUT2D eigenvalue weighted by Gasteiger charge is -2.18. The molecule has 0 N–H and O–H groups in total. The van der Waals surface area contributed by atoms with E-state index in [0.717, 1.165) is 89.9 Å². The lowest BCUT2D eigenvalue weighted by atomic mass is 10.0. The fourth-order valence-corrected chi connectivity index (χ4v) is 8.22. The highest BCUT2D eigenvalue weighted by Gasteiger charge is 2.19. The number of esters is 3. The third-order valence-corrected chi connectivity index (χ3v) is 12.4. The normalized spacial score (nSPS) is 12.2. The molecule has 0 aliphatic carbocycles. The number of rotatable bonds is 51. The predicted molar refractivity (Wildman–Crippen MR) is 275 cm³/mol. The van der Waals surface area contributed by atoms with Gasteiger partial charge in [-0.05, 0) is 51.4 Å². The van der Waals surface area contributed by atoms with Crippen LogP contribution in [0.25, 0.3) is 0 Å². The first-order valence-electron chi connectivity index (χ1n) is 28.0. The number of unbranched alkanes of at least 4 members (excludes halogenated alkanes) is 34. The molecule has 6 heteroatoms. The van der Waals surface area contributed by atoms with Crippen LogP contribution in [-0.4, -0.2) is 37.2 Å². The zero-order valence-electron chi connectivity index (χ0n) is 42.8. The molecule has 0 saturated carbocycles. The van der Waals surface area contributed by atoms with Crippen molar-refractivity contribution in [2.75, 3.05) is 13.2 Å². The largest absolute Gasteiger partial charge is 0.462 e. The number of allylic oxidation sites excluding steroid dienone is 6. The van der Waals surface area contributed by atoms with Gasteiger partial charge in [-0.25, -0.2) is 0 Å². The molecule has 1 unspecified atom stereocenters. The average Bonchev–Trinajstić information content (AvgIpc) is 3.29. The summed E-state index contributed by atoms with van der Waals surface area (Å²) in [5.74, 6) is -0.880. The zero-order valence-corrected chi connectivity index (χ0v) is 42.8. The Morgan fingerprint density at radius 1 is 0.328 bits per heavy atom. The molecule has 0 amide bonds. The van der Waals surface area contributed by atoms with Gasteiger partial charge in [0.15, 0.2) is 6.10 Å². The van der Waals surface area contributed by atoms with Gasteiger partial charge in [0.25, 0.3) is 0 Å². The van der Waals surface area contributed by atoms with Gasteiger partial charge in [0.1, 0.15) is 13.2 Å². The van der Waals surface area contributed by atoms with Crippen LogP contribution >= 0.6 is 0 Å². The molecule has 0 spiro atoms. The van der Waals surface area contributed by atoms with Crippen molar-refractivity contribution < 1.29 is 28.6 Å². The van der Waals surface area contributed by atoms with E-state index in [9.17, 15) is 14.4 Å². The molecule has 6 nitrogen and oxygen atoms in total. The molecule has 64 heavy (non-hydrogen) atoms. The molecule has 0 heterocycles. The van der Waals surface area contributed by atoms with Crippen LogP contribution in [-0.2, 0) is 28.6 Å². The molecule has 0 aliphatic rings. The van der Waals surface area contributed by atoms with Crippen LogP contribution < -0.4 is 0 Å². The third kappa shape index (κ3) is 50.6. The lowest BCUT2D eigenvalue weighted by molar-refractivity contribution is -0.167. The van der Waals surface area contributed by atoms with Crippen LogP contribution in [0.2, 0.25) is 0 Å². The van der Waals surface area contributed by atoms with Gasteiger partial charge >= 0.3 is 17.9 Å². The van der Waals surface area contributed by atoms with Crippen molar-refractivity contribution in [2.45, 2.75) is 303 Å². The topological polar surface area (TPSA) is 78.9 Å². The smallest absolute Gasteiger partial charge is 0.306 e. The van der Waals surface area contributed by atoms with Crippen molar-refractivity contribution in [3.63, 3.8) is 0 Å². The molecule has 374 valence electrons. The van der Waals surface area contributed by atoms with Crippen molar-refractivity contribution in [1.29, 1.82) is 0 Å². The quantitative estimate of drug-likeness (QED) is 0.0262. The number of ether oxygens (including phenoxy) is 3. The van der Waals surface area contributed by atoms with Crippen molar-refractivity contribution in [3.8, 4) is 0 Å². The summed E-state index contributed by atoms with van der Waals surface area (Å²) in [7, 11) is 0. The van der Waals surface area contributed by atoms with E-state index in [0.29, 0.717) is 19.3 Å². The van der Waals surface area contributed by atoms with E-state index in [1.807, 2.05) is 0 Å². The van der Waals surface area contributed by atoms with Crippen LogP contribution in [0.1, 0.15) is 297 Å². The van der Waals surface area contributed by atoms with Gasteiger partial charge in [0.05, 0.1) is 0 Å². The van der Waals surface area contributed by atoms with E-state index in [1.54, 1.807) is 0 Å². The molecule has 0 aromatic rings. The summed E-state index contributed by atoms with van der Waals surface area (Å²) in [5, 5.41) is 0. The third-order valence-electron chi connectivity index (χ3n) is 12.4.